The molecule has 0 fully saturated rings. The summed E-state index contributed by atoms with van der Waals surface area (Å²) in [5, 5.41) is 2.61. The summed E-state index contributed by atoms with van der Waals surface area (Å²) in [6, 6.07) is 0. The Labute approximate surface area is 89.9 Å². The van der Waals surface area contributed by atoms with Gasteiger partial charge in [0.2, 0.25) is 6.08 Å². The van der Waals surface area contributed by atoms with Crippen molar-refractivity contribution in [2.75, 3.05) is 6.54 Å². The van der Waals surface area contributed by atoms with Crippen molar-refractivity contribution in [3.05, 3.63) is 0 Å². The number of hydrogen-bond acceptors (Lipinski definition) is 4. The topological polar surface area (TPSA) is 67.8 Å². The number of rotatable bonds is 3. The Morgan fingerprint density at radius 1 is 1.33 bits per heavy atom. The summed E-state index contributed by atoms with van der Waals surface area (Å²) in [5.74, 6) is 0. The van der Waals surface area contributed by atoms with E-state index in [-0.39, 0.29) is 6.54 Å². The van der Waals surface area contributed by atoms with E-state index in [1.807, 2.05) is 0 Å². The second-order valence-electron chi connectivity index (χ2n) is 4.92. The molecule has 86 valence electrons. The first-order chi connectivity index (χ1) is 6.66. The van der Waals surface area contributed by atoms with Crippen molar-refractivity contribution in [2.45, 2.75) is 45.8 Å². The predicted octanol–water partition coefficient (Wildman–Crippen LogP) is 1.63. The lowest BCUT2D eigenvalue weighted by atomic mass is 10.1. The number of ether oxygens (including phenoxy) is 1. The number of amides is 1. The molecule has 5 heteroatoms. The van der Waals surface area contributed by atoms with E-state index < -0.39 is 17.2 Å². The monoisotopic (exact) mass is 214 g/mol. The molecule has 1 amide bonds. The van der Waals surface area contributed by atoms with Gasteiger partial charge < -0.3 is 10.1 Å². The zero-order valence-corrected chi connectivity index (χ0v) is 9.88. The molecule has 0 spiro atoms. The summed E-state index contributed by atoms with van der Waals surface area (Å²) >= 11 is 0. The Morgan fingerprint density at radius 2 is 1.87 bits per heavy atom. The van der Waals surface area contributed by atoms with Crippen molar-refractivity contribution in [2.24, 2.45) is 4.99 Å². The average molecular weight is 214 g/mol. The molecule has 0 aromatic rings. The summed E-state index contributed by atoms with van der Waals surface area (Å²) < 4.78 is 5.06. The molecule has 0 rings (SSSR count). The van der Waals surface area contributed by atoms with E-state index in [1.54, 1.807) is 34.6 Å². The van der Waals surface area contributed by atoms with Gasteiger partial charge in [0.05, 0.1) is 12.1 Å². The quantitative estimate of drug-likeness (QED) is 0.573. The highest BCUT2D eigenvalue weighted by molar-refractivity contribution is 5.68. The van der Waals surface area contributed by atoms with Gasteiger partial charge in [-0.25, -0.2) is 14.6 Å². The van der Waals surface area contributed by atoms with Gasteiger partial charge in [-0.3, -0.25) is 0 Å². The number of aliphatic imine (C=N–C) groups is 1. The van der Waals surface area contributed by atoms with Gasteiger partial charge in [-0.05, 0) is 34.6 Å². The minimum Gasteiger partial charge on any atom is -0.444 e. The largest absolute Gasteiger partial charge is 0.444 e. The highest BCUT2D eigenvalue weighted by Crippen LogP contribution is 2.09. The van der Waals surface area contributed by atoms with Crippen LogP contribution in [0.3, 0.4) is 0 Å². The zero-order chi connectivity index (χ0) is 12.1. The second kappa shape index (κ2) is 4.94. The van der Waals surface area contributed by atoms with Crippen molar-refractivity contribution >= 4 is 12.2 Å². The third kappa shape index (κ3) is 7.70. The molecule has 0 aliphatic carbocycles. The normalized spacial score (nSPS) is 11.5. The SMILES string of the molecule is CC(C)(CN=C=O)NC(=O)OC(C)(C)C. The van der Waals surface area contributed by atoms with Crippen LogP contribution in [0.5, 0.6) is 0 Å². The smallest absolute Gasteiger partial charge is 0.408 e. The van der Waals surface area contributed by atoms with E-state index in [0.717, 1.165) is 0 Å². The molecule has 1 N–H and O–H groups in total. The maximum absolute atomic E-state index is 11.4. The highest BCUT2D eigenvalue weighted by atomic mass is 16.6. The maximum Gasteiger partial charge on any atom is 0.408 e. The lowest BCUT2D eigenvalue weighted by Gasteiger charge is -2.26. The Bertz CT molecular complexity index is 273. The van der Waals surface area contributed by atoms with Gasteiger partial charge in [0, 0.05) is 0 Å². The van der Waals surface area contributed by atoms with Crippen molar-refractivity contribution in [3.63, 3.8) is 0 Å². The van der Waals surface area contributed by atoms with Crippen LogP contribution in [-0.4, -0.2) is 29.9 Å². The molecular formula is C10H18N2O3. The maximum atomic E-state index is 11.4. The van der Waals surface area contributed by atoms with Crippen LogP contribution in [0.15, 0.2) is 4.99 Å². The number of alkyl carbamates (subject to hydrolysis) is 1. The summed E-state index contributed by atoms with van der Waals surface area (Å²) in [6.45, 7) is 9.01. The van der Waals surface area contributed by atoms with Crippen molar-refractivity contribution in [1.82, 2.24) is 5.32 Å². The number of carbonyl (C=O) groups excluding carboxylic acids is 2. The van der Waals surface area contributed by atoms with E-state index in [9.17, 15) is 9.59 Å². The molecule has 0 aliphatic rings. The highest BCUT2D eigenvalue weighted by Gasteiger charge is 2.24. The molecular weight excluding hydrogens is 196 g/mol. The standard InChI is InChI=1S/C10H18N2O3/c1-9(2,3)15-8(14)12-10(4,5)6-11-7-13/h6H2,1-5H3,(H,12,14). The van der Waals surface area contributed by atoms with Crippen LogP contribution < -0.4 is 5.32 Å². The molecule has 15 heavy (non-hydrogen) atoms. The summed E-state index contributed by atoms with van der Waals surface area (Å²) in [7, 11) is 0. The second-order valence-corrected chi connectivity index (χ2v) is 4.92. The van der Waals surface area contributed by atoms with Crippen molar-refractivity contribution in [3.8, 4) is 0 Å². The minimum atomic E-state index is -0.611. The van der Waals surface area contributed by atoms with E-state index in [0.29, 0.717) is 0 Å². The van der Waals surface area contributed by atoms with Gasteiger partial charge >= 0.3 is 6.09 Å². The lowest BCUT2D eigenvalue weighted by Crippen LogP contribution is -2.47. The first kappa shape index (κ1) is 13.7. The number of carbonyl (C=O) groups is 1. The first-order valence-corrected chi connectivity index (χ1v) is 4.71. The Kier molecular flexibility index (Phi) is 4.49. The van der Waals surface area contributed by atoms with Crippen LogP contribution in [0.2, 0.25) is 0 Å². The lowest BCUT2D eigenvalue weighted by molar-refractivity contribution is 0.0476. The summed E-state index contributed by atoms with van der Waals surface area (Å²) in [5.41, 5.74) is -1.15. The van der Waals surface area contributed by atoms with Gasteiger partial charge in [0.15, 0.2) is 0 Å². The van der Waals surface area contributed by atoms with E-state index in [4.69, 9.17) is 4.74 Å². The van der Waals surface area contributed by atoms with Crippen LogP contribution in [0.25, 0.3) is 0 Å². The number of nitrogens with one attached hydrogen (secondary N) is 1. The Morgan fingerprint density at radius 3 is 2.27 bits per heavy atom. The molecule has 0 radical (unpaired) electrons. The molecule has 0 aliphatic heterocycles. The zero-order valence-electron chi connectivity index (χ0n) is 9.88. The van der Waals surface area contributed by atoms with Crippen LogP contribution in [0.1, 0.15) is 34.6 Å². The van der Waals surface area contributed by atoms with Crippen molar-refractivity contribution < 1.29 is 14.3 Å². The molecule has 0 unspecified atom stereocenters. The van der Waals surface area contributed by atoms with Gasteiger partial charge in [-0.2, -0.15) is 0 Å². The third-order valence-corrected chi connectivity index (χ3v) is 1.38. The fraction of sp³-hybridized carbons (Fsp3) is 0.800. The first-order valence-electron chi connectivity index (χ1n) is 4.71. The van der Waals surface area contributed by atoms with Gasteiger partial charge in [-0.15, -0.1) is 0 Å². The van der Waals surface area contributed by atoms with Gasteiger partial charge in [0.25, 0.3) is 0 Å². The summed E-state index contributed by atoms with van der Waals surface area (Å²) in [4.78, 5) is 24.7. The Balaban J connectivity index is 4.21. The molecule has 0 saturated heterocycles. The molecule has 0 aromatic carbocycles. The van der Waals surface area contributed by atoms with Gasteiger partial charge in [-0.1, -0.05) is 0 Å². The predicted molar refractivity (Wildman–Crippen MR) is 56.4 cm³/mol. The molecule has 0 atom stereocenters. The minimum absolute atomic E-state index is 0.176. The van der Waals surface area contributed by atoms with Gasteiger partial charge in [0.1, 0.15) is 5.60 Å². The van der Waals surface area contributed by atoms with E-state index >= 15 is 0 Å². The van der Waals surface area contributed by atoms with Crippen molar-refractivity contribution in [1.29, 1.82) is 0 Å². The van der Waals surface area contributed by atoms with Crippen LogP contribution >= 0.6 is 0 Å². The Hall–Kier alpha value is -1.35. The summed E-state index contributed by atoms with van der Waals surface area (Å²) in [6.07, 6.45) is 0.908. The van der Waals surface area contributed by atoms with Crippen LogP contribution in [0.4, 0.5) is 4.79 Å². The number of isocyanates is 1. The third-order valence-electron chi connectivity index (χ3n) is 1.38. The number of nitrogens with zero attached hydrogens (tertiary/aromatic N) is 1. The molecule has 0 heterocycles. The average Bonchev–Trinajstić information content (AvgIpc) is 1.95. The van der Waals surface area contributed by atoms with E-state index in [1.165, 1.54) is 6.08 Å². The molecule has 0 saturated carbocycles. The molecule has 5 nitrogen and oxygen atoms in total. The fourth-order valence-electron chi connectivity index (χ4n) is 0.849. The van der Waals surface area contributed by atoms with E-state index in [2.05, 4.69) is 10.3 Å². The fourth-order valence-corrected chi connectivity index (χ4v) is 0.849. The molecule has 0 aromatic heterocycles. The van der Waals surface area contributed by atoms with Crippen LogP contribution in [0, 0.1) is 0 Å². The molecule has 0 bridgehead atoms. The van der Waals surface area contributed by atoms with Crippen LogP contribution in [-0.2, 0) is 9.53 Å². The number of hydrogen-bond donors (Lipinski definition) is 1.